The minimum Gasteiger partial charge on any atom is -0.478 e. The maximum Gasteiger partial charge on any atom is 0.338 e. The number of hydrogen-bond acceptors (Lipinski definition) is 4. The molecule has 1 aliphatic heterocycles. The molecule has 2 atom stereocenters. The molecular formula is C14H15N3O3. The van der Waals surface area contributed by atoms with Crippen molar-refractivity contribution in [3.63, 3.8) is 0 Å². The first-order chi connectivity index (χ1) is 9.75. The number of carboxylic acids is 1. The van der Waals surface area contributed by atoms with E-state index in [0.29, 0.717) is 11.4 Å². The van der Waals surface area contributed by atoms with Gasteiger partial charge in [0.05, 0.1) is 23.2 Å². The Morgan fingerprint density at radius 2 is 2.20 bits per heavy atom. The molecule has 2 aromatic rings. The van der Waals surface area contributed by atoms with Crippen LogP contribution in [0.15, 0.2) is 18.2 Å². The number of rotatable bonds is 3. The average molecular weight is 273 g/mol. The zero-order valence-electron chi connectivity index (χ0n) is 10.9. The number of aromatic nitrogens is 3. The third-order valence-corrected chi connectivity index (χ3v) is 4.24. The molecule has 20 heavy (non-hydrogen) atoms. The second-order valence-electron chi connectivity index (χ2n) is 5.54. The highest BCUT2D eigenvalue weighted by atomic mass is 16.5. The number of hydrogen-bond donors (Lipinski definition) is 1. The Morgan fingerprint density at radius 1 is 1.35 bits per heavy atom. The van der Waals surface area contributed by atoms with E-state index in [4.69, 9.17) is 4.74 Å². The van der Waals surface area contributed by atoms with Crippen LogP contribution < -0.4 is 0 Å². The van der Waals surface area contributed by atoms with E-state index in [1.807, 2.05) is 10.7 Å². The Morgan fingerprint density at radius 3 is 2.95 bits per heavy atom. The molecule has 6 nitrogen and oxygen atoms in total. The van der Waals surface area contributed by atoms with Crippen LogP contribution in [0, 0.1) is 5.92 Å². The lowest BCUT2D eigenvalue weighted by molar-refractivity contribution is 0.0698. The standard InChI is InChI=1S/C14H15N3O3/c18-14(19)9-2-1-3-10-12(9)15-16-17(10)11-6-7-20-13(11)8-4-5-8/h1-3,8,11,13H,4-7H2,(H,18,19). The van der Waals surface area contributed by atoms with Crippen molar-refractivity contribution in [3.8, 4) is 0 Å². The number of ether oxygens (including phenoxy) is 1. The van der Waals surface area contributed by atoms with E-state index in [-0.39, 0.29) is 17.7 Å². The molecule has 1 aliphatic carbocycles. The predicted octanol–water partition coefficient (Wildman–Crippen LogP) is 1.87. The van der Waals surface area contributed by atoms with Gasteiger partial charge < -0.3 is 9.84 Å². The van der Waals surface area contributed by atoms with Crippen LogP contribution in [0.3, 0.4) is 0 Å². The van der Waals surface area contributed by atoms with Crippen LogP contribution >= 0.6 is 0 Å². The first kappa shape index (κ1) is 11.8. The fraction of sp³-hybridized carbons (Fsp3) is 0.500. The van der Waals surface area contributed by atoms with Crippen molar-refractivity contribution in [2.24, 2.45) is 5.92 Å². The monoisotopic (exact) mass is 273 g/mol. The molecule has 2 heterocycles. The van der Waals surface area contributed by atoms with E-state index < -0.39 is 5.97 Å². The molecule has 1 aromatic heterocycles. The summed E-state index contributed by atoms with van der Waals surface area (Å²) in [7, 11) is 0. The third kappa shape index (κ3) is 1.71. The van der Waals surface area contributed by atoms with E-state index in [1.165, 1.54) is 12.8 Å². The van der Waals surface area contributed by atoms with Crippen LogP contribution in [0.2, 0.25) is 0 Å². The number of carboxylic acid groups (broad SMARTS) is 1. The molecule has 104 valence electrons. The smallest absolute Gasteiger partial charge is 0.338 e. The summed E-state index contributed by atoms with van der Waals surface area (Å²) in [6.45, 7) is 0.742. The van der Waals surface area contributed by atoms with Crippen LogP contribution in [-0.4, -0.2) is 38.8 Å². The summed E-state index contributed by atoms with van der Waals surface area (Å²) in [6, 6.07) is 5.36. The molecule has 0 amide bonds. The fourth-order valence-electron chi connectivity index (χ4n) is 3.12. The maximum atomic E-state index is 11.2. The zero-order valence-corrected chi connectivity index (χ0v) is 10.9. The number of fused-ring (bicyclic) bond motifs is 1. The Hall–Kier alpha value is -1.95. The highest BCUT2D eigenvalue weighted by molar-refractivity contribution is 6.00. The van der Waals surface area contributed by atoms with Crippen LogP contribution in [-0.2, 0) is 4.74 Å². The number of carbonyl (C=O) groups is 1. The van der Waals surface area contributed by atoms with Crippen molar-refractivity contribution < 1.29 is 14.6 Å². The molecule has 4 rings (SSSR count). The van der Waals surface area contributed by atoms with Crippen LogP contribution in [0.1, 0.15) is 35.7 Å². The number of aromatic carboxylic acids is 1. The Labute approximate surface area is 115 Å². The van der Waals surface area contributed by atoms with E-state index in [9.17, 15) is 9.90 Å². The highest BCUT2D eigenvalue weighted by Crippen LogP contribution is 2.43. The van der Waals surface area contributed by atoms with Gasteiger partial charge in [0.25, 0.3) is 0 Å². The van der Waals surface area contributed by atoms with Gasteiger partial charge in [0.1, 0.15) is 5.52 Å². The normalized spacial score (nSPS) is 26.2. The molecule has 2 unspecified atom stereocenters. The molecule has 0 radical (unpaired) electrons. The molecule has 1 saturated heterocycles. The summed E-state index contributed by atoms with van der Waals surface area (Å²) in [4.78, 5) is 11.2. The second-order valence-corrected chi connectivity index (χ2v) is 5.54. The average Bonchev–Trinajstić information content (AvgIpc) is 3.01. The Kier molecular flexibility index (Phi) is 2.53. The van der Waals surface area contributed by atoms with Gasteiger partial charge in [-0.1, -0.05) is 11.3 Å². The molecule has 0 bridgehead atoms. The minimum atomic E-state index is -0.968. The molecule has 1 saturated carbocycles. The topological polar surface area (TPSA) is 77.2 Å². The van der Waals surface area contributed by atoms with Crippen molar-refractivity contribution in [1.82, 2.24) is 15.0 Å². The van der Waals surface area contributed by atoms with Crippen LogP contribution in [0.4, 0.5) is 0 Å². The van der Waals surface area contributed by atoms with Gasteiger partial charge in [-0.2, -0.15) is 0 Å². The van der Waals surface area contributed by atoms with Crippen molar-refractivity contribution >= 4 is 17.0 Å². The summed E-state index contributed by atoms with van der Waals surface area (Å²) in [5.74, 6) is -0.339. The van der Waals surface area contributed by atoms with Crippen LogP contribution in [0.5, 0.6) is 0 Å². The summed E-state index contributed by atoms with van der Waals surface area (Å²) in [6.07, 6.45) is 3.55. The third-order valence-electron chi connectivity index (χ3n) is 4.24. The van der Waals surface area contributed by atoms with Gasteiger partial charge >= 0.3 is 5.97 Å². The van der Waals surface area contributed by atoms with E-state index in [0.717, 1.165) is 18.5 Å². The predicted molar refractivity (Wildman–Crippen MR) is 70.6 cm³/mol. The quantitative estimate of drug-likeness (QED) is 0.923. The zero-order chi connectivity index (χ0) is 13.7. The van der Waals surface area contributed by atoms with Gasteiger partial charge in [0, 0.05) is 6.61 Å². The van der Waals surface area contributed by atoms with Crippen LogP contribution in [0.25, 0.3) is 11.0 Å². The Bertz CT molecular complexity index is 677. The first-order valence-electron chi connectivity index (χ1n) is 6.94. The first-order valence-corrected chi connectivity index (χ1v) is 6.94. The highest BCUT2D eigenvalue weighted by Gasteiger charge is 2.42. The van der Waals surface area contributed by atoms with Crippen molar-refractivity contribution in [2.75, 3.05) is 6.61 Å². The SMILES string of the molecule is O=C(O)c1cccc2c1nnn2C1CCOC1C1CC1. The molecule has 2 aliphatic rings. The minimum absolute atomic E-state index is 0.177. The lowest BCUT2D eigenvalue weighted by Crippen LogP contribution is -2.23. The summed E-state index contributed by atoms with van der Waals surface area (Å²) in [5.41, 5.74) is 1.45. The summed E-state index contributed by atoms with van der Waals surface area (Å²) in [5, 5.41) is 17.5. The van der Waals surface area contributed by atoms with E-state index >= 15 is 0 Å². The molecular weight excluding hydrogens is 258 g/mol. The summed E-state index contributed by atoms with van der Waals surface area (Å²) >= 11 is 0. The molecule has 1 N–H and O–H groups in total. The van der Waals surface area contributed by atoms with Crippen molar-refractivity contribution in [2.45, 2.75) is 31.4 Å². The van der Waals surface area contributed by atoms with E-state index in [2.05, 4.69) is 10.3 Å². The second kappa shape index (κ2) is 4.28. The molecule has 2 fully saturated rings. The molecule has 6 heteroatoms. The van der Waals surface area contributed by atoms with Gasteiger partial charge in [0.2, 0.25) is 0 Å². The molecule has 0 spiro atoms. The lowest BCUT2D eigenvalue weighted by atomic mass is 10.1. The Balaban J connectivity index is 1.80. The van der Waals surface area contributed by atoms with Gasteiger partial charge in [-0.05, 0) is 37.3 Å². The number of nitrogens with zero attached hydrogens (tertiary/aromatic N) is 3. The summed E-state index contributed by atoms with van der Waals surface area (Å²) < 4.78 is 7.69. The van der Waals surface area contributed by atoms with Gasteiger partial charge in [-0.3, -0.25) is 0 Å². The van der Waals surface area contributed by atoms with Gasteiger partial charge in [-0.25, -0.2) is 9.48 Å². The molecule has 1 aromatic carbocycles. The largest absolute Gasteiger partial charge is 0.478 e. The number of benzene rings is 1. The lowest BCUT2D eigenvalue weighted by Gasteiger charge is -2.18. The van der Waals surface area contributed by atoms with Gasteiger partial charge in [-0.15, -0.1) is 5.10 Å². The van der Waals surface area contributed by atoms with Gasteiger partial charge in [0.15, 0.2) is 0 Å². The van der Waals surface area contributed by atoms with Crippen molar-refractivity contribution in [1.29, 1.82) is 0 Å². The fourth-order valence-corrected chi connectivity index (χ4v) is 3.12. The maximum absolute atomic E-state index is 11.2. The van der Waals surface area contributed by atoms with E-state index in [1.54, 1.807) is 12.1 Å². The van der Waals surface area contributed by atoms with Crippen molar-refractivity contribution in [3.05, 3.63) is 23.8 Å².